The SMILES string of the molecule is CC(=O)CN(C)c1ccc(-c2ccc(C)o2)nn1. The lowest BCUT2D eigenvalue weighted by atomic mass is 10.3. The Hall–Kier alpha value is -2.17. The smallest absolute Gasteiger partial charge is 0.154 e. The van der Waals surface area contributed by atoms with E-state index in [1.165, 1.54) is 0 Å². The first-order valence-corrected chi connectivity index (χ1v) is 5.67. The van der Waals surface area contributed by atoms with Crippen molar-refractivity contribution in [3.05, 3.63) is 30.0 Å². The lowest BCUT2D eigenvalue weighted by Crippen LogP contribution is -2.24. The molecule has 5 nitrogen and oxygen atoms in total. The van der Waals surface area contributed by atoms with Gasteiger partial charge in [-0.3, -0.25) is 4.79 Å². The molecule has 0 radical (unpaired) electrons. The zero-order chi connectivity index (χ0) is 13.1. The summed E-state index contributed by atoms with van der Waals surface area (Å²) in [5.74, 6) is 2.28. The first kappa shape index (κ1) is 12.3. The van der Waals surface area contributed by atoms with Crippen molar-refractivity contribution < 1.29 is 9.21 Å². The van der Waals surface area contributed by atoms with Gasteiger partial charge in [0.05, 0.1) is 6.54 Å². The number of aryl methyl sites for hydroxylation is 1. The number of furan rings is 1. The van der Waals surface area contributed by atoms with Gasteiger partial charge in [0.15, 0.2) is 11.6 Å². The van der Waals surface area contributed by atoms with E-state index in [2.05, 4.69) is 10.2 Å². The molecule has 0 aromatic carbocycles. The third-order valence-electron chi connectivity index (χ3n) is 2.49. The Morgan fingerprint density at radius 3 is 2.56 bits per heavy atom. The highest BCUT2D eigenvalue weighted by atomic mass is 16.3. The van der Waals surface area contributed by atoms with E-state index in [9.17, 15) is 4.79 Å². The van der Waals surface area contributed by atoms with Gasteiger partial charge in [0.1, 0.15) is 17.2 Å². The van der Waals surface area contributed by atoms with Gasteiger partial charge in [-0.2, -0.15) is 0 Å². The molecule has 0 amide bonds. The number of hydrogen-bond acceptors (Lipinski definition) is 5. The molecule has 0 aliphatic carbocycles. The number of hydrogen-bond donors (Lipinski definition) is 0. The van der Waals surface area contributed by atoms with Crippen LogP contribution in [0.3, 0.4) is 0 Å². The lowest BCUT2D eigenvalue weighted by molar-refractivity contribution is -0.115. The molecule has 0 saturated heterocycles. The fraction of sp³-hybridized carbons (Fsp3) is 0.308. The molecule has 5 heteroatoms. The van der Waals surface area contributed by atoms with Crippen molar-refractivity contribution in [1.29, 1.82) is 0 Å². The average Bonchev–Trinajstić information content (AvgIpc) is 2.75. The number of anilines is 1. The van der Waals surface area contributed by atoms with Crippen molar-refractivity contribution >= 4 is 11.6 Å². The van der Waals surface area contributed by atoms with Crippen LogP contribution in [0.15, 0.2) is 28.7 Å². The van der Waals surface area contributed by atoms with Crippen LogP contribution in [0.5, 0.6) is 0 Å². The average molecular weight is 245 g/mol. The Morgan fingerprint density at radius 1 is 1.28 bits per heavy atom. The van der Waals surface area contributed by atoms with Crippen molar-refractivity contribution in [1.82, 2.24) is 10.2 Å². The van der Waals surface area contributed by atoms with E-state index in [-0.39, 0.29) is 5.78 Å². The molecule has 0 bridgehead atoms. The van der Waals surface area contributed by atoms with Crippen LogP contribution in [-0.4, -0.2) is 29.6 Å². The van der Waals surface area contributed by atoms with E-state index in [1.54, 1.807) is 11.8 Å². The third kappa shape index (κ3) is 2.74. The number of ketones is 1. The molecule has 2 heterocycles. The quantitative estimate of drug-likeness (QED) is 0.825. The molecular weight excluding hydrogens is 230 g/mol. The van der Waals surface area contributed by atoms with E-state index in [1.807, 2.05) is 38.2 Å². The minimum Gasteiger partial charge on any atom is -0.460 e. The molecule has 0 atom stereocenters. The normalized spacial score (nSPS) is 10.4. The van der Waals surface area contributed by atoms with Crippen molar-refractivity contribution in [3.8, 4) is 11.5 Å². The van der Waals surface area contributed by atoms with Gasteiger partial charge in [-0.1, -0.05) is 0 Å². The molecule has 0 unspecified atom stereocenters. The van der Waals surface area contributed by atoms with Crippen LogP contribution >= 0.6 is 0 Å². The number of carbonyl (C=O) groups excluding carboxylic acids is 1. The van der Waals surface area contributed by atoms with Crippen LogP contribution < -0.4 is 4.90 Å². The molecule has 0 fully saturated rings. The molecule has 18 heavy (non-hydrogen) atoms. The summed E-state index contributed by atoms with van der Waals surface area (Å²) >= 11 is 0. The van der Waals surface area contributed by atoms with E-state index in [0.29, 0.717) is 23.8 Å². The maximum Gasteiger partial charge on any atom is 0.154 e. The van der Waals surface area contributed by atoms with Crippen LogP contribution in [0.25, 0.3) is 11.5 Å². The molecule has 0 N–H and O–H groups in total. The molecule has 0 spiro atoms. The van der Waals surface area contributed by atoms with E-state index >= 15 is 0 Å². The minimum absolute atomic E-state index is 0.0880. The van der Waals surface area contributed by atoms with Gasteiger partial charge < -0.3 is 9.32 Å². The van der Waals surface area contributed by atoms with Gasteiger partial charge in [-0.25, -0.2) is 0 Å². The second-order valence-electron chi connectivity index (χ2n) is 4.25. The van der Waals surface area contributed by atoms with Gasteiger partial charge in [0.25, 0.3) is 0 Å². The number of Topliss-reactive ketones (excluding diaryl/α,β-unsaturated/α-hetero) is 1. The number of aromatic nitrogens is 2. The van der Waals surface area contributed by atoms with Crippen LogP contribution in [0.4, 0.5) is 5.82 Å². The minimum atomic E-state index is 0.0880. The van der Waals surface area contributed by atoms with Crippen molar-refractivity contribution in [2.45, 2.75) is 13.8 Å². The first-order valence-electron chi connectivity index (χ1n) is 5.67. The Labute approximate surface area is 105 Å². The van der Waals surface area contributed by atoms with Gasteiger partial charge >= 0.3 is 0 Å². The second-order valence-corrected chi connectivity index (χ2v) is 4.25. The predicted molar refractivity (Wildman–Crippen MR) is 68.4 cm³/mol. The summed E-state index contributed by atoms with van der Waals surface area (Å²) in [5.41, 5.74) is 0.683. The molecule has 2 aromatic rings. The summed E-state index contributed by atoms with van der Waals surface area (Å²) in [6.45, 7) is 3.75. The van der Waals surface area contributed by atoms with Crippen LogP contribution in [0.1, 0.15) is 12.7 Å². The van der Waals surface area contributed by atoms with Gasteiger partial charge in [0.2, 0.25) is 0 Å². The summed E-state index contributed by atoms with van der Waals surface area (Å²) in [5, 5.41) is 8.17. The highest BCUT2D eigenvalue weighted by molar-refractivity contribution is 5.80. The molecule has 0 saturated carbocycles. The Morgan fingerprint density at radius 2 is 2.06 bits per heavy atom. The molecule has 2 aromatic heterocycles. The van der Waals surface area contributed by atoms with E-state index in [0.717, 1.165) is 5.76 Å². The lowest BCUT2D eigenvalue weighted by Gasteiger charge is -2.15. The van der Waals surface area contributed by atoms with Gasteiger partial charge in [-0.15, -0.1) is 10.2 Å². The molecule has 0 aliphatic rings. The Bertz CT molecular complexity index is 546. The Balaban J connectivity index is 2.17. The topological polar surface area (TPSA) is 59.2 Å². The second kappa shape index (κ2) is 5.00. The fourth-order valence-electron chi connectivity index (χ4n) is 1.65. The zero-order valence-corrected chi connectivity index (χ0v) is 10.7. The third-order valence-corrected chi connectivity index (χ3v) is 2.49. The number of rotatable bonds is 4. The molecule has 94 valence electrons. The van der Waals surface area contributed by atoms with Crippen LogP contribution in [-0.2, 0) is 4.79 Å². The maximum absolute atomic E-state index is 11.0. The summed E-state index contributed by atoms with van der Waals surface area (Å²) < 4.78 is 5.46. The molecular formula is C13H15N3O2. The van der Waals surface area contributed by atoms with Crippen LogP contribution in [0.2, 0.25) is 0 Å². The van der Waals surface area contributed by atoms with Crippen molar-refractivity contribution in [3.63, 3.8) is 0 Å². The highest BCUT2D eigenvalue weighted by Gasteiger charge is 2.08. The van der Waals surface area contributed by atoms with Crippen molar-refractivity contribution in [2.24, 2.45) is 0 Å². The zero-order valence-electron chi connectivity index (χ0n) is 10.7. The fourth-order valence-corrected chi connectivity index (χ4v) is 1.65. The Kier molecular flexibility index (Phi) is 3.41. The summed E-state index contributed by atoms with van der Waals surface area (Å²) in [6, 6.07) is 7.39. The number of carbonyl (C=O) groups is 1. The summed E-state index contributed by atoms with van der Waals surface area (Å²) in [7, 11) is 1.81. The van der Waals surface area contributed by atoms with Gasteiger partial charge in [-0.05, 0) is 38.1 Å². The maximum atomic E-state index is 11.0. The van der Waals surface area contributed by atoms with Gasteiger partial charge in [0, 0.05) is 7.05 Å². The standard InChI is InChI=1S/C13H15N3O2/c1-9(17)8-16(3)13-7-5-11(14-15-13)12-6-4-10(2)18-12/h4-7H,8H2,1-3H3. The summed E-state index contributed by atoms with van der Waals surface area (Å²) in [4.78, 5) is 12.8. The molecule has 2 rings (SSSR count). The predicted octanol–water partition coefficient (Wildman–Crippen LogP) is 2.07. The van der Waals surface area contributed by atoms with Crippen molar-refractivity contribution in [2.75, 3.05) is 18.5 Å². The largest absolute Gasteiger partial charge is 0.460 e. The van der Waals surface area contributed by atoms with E-state index < -0.39 is 0 Å². The number of likely N-dealkylation sites (N-methyl/N-ethyl adjacent to an activating group) is 1. The summed E-state index contributed by atoms with van der Waals surface area (Å²) in [6.07, 6.45) is 0. The van der Waals surface area contributed by atoms with Crippen LogP contribution in [0, 0.1) is 6.92 Å². The van der Waals surface area contributed by atoms with E-state index in [4.69, 9.17) is 4.42 Å². The molecule has 0 aliphatic heterocycles. The first-order chi connectivity index (χ1) is 8.56. The monoisotopic (exact) mass is 245 g/mol. The highest BCUT2D eigenvalue weighted by Crippen LogP contribution is 2.20. The number of nitrogens with zero attached hydrogens (tertiary/aromatic N) is 3.